The van der Waals surface area contributed by atoms with E-state index >= 15 is 0 Å². The van der Waals surface area contributed by atoms with Gasteiger partial charge in [0, 0.05) is 22.2 Å². The number of hydrogen-bond acceptors (Lipinski definition) is 2. The summed E-state index contributed by atoms with van der Waals surface area (Å²) in [5.41, 5.74) is 0.369. The number of rotatable bonds is 3. The highest BCUT2D eigenvalue weighted by Gasteiger charge is 2.19. The molecule has 1 aromatic rings. The van der Waals surface area contributed by atoms with Gasteiger partial charge in [0.15, 0.2) is 0 Å². The molecule has 0 atom stereocenters. The Bertz CT molecular complexity index is 511. The Morgan fingerprint density at radius 2 is 2.05 bits per heavy atom. The third-order valence-corrected chi connectivity index (χ3v) is 3.91. The van der Waals surface area contributed by atoms with Crippen molar-refractivity contribution in [2.24, 2.45) is 0 Å². The van der Waals surface area contributed by atoms with Gasteiger partial charge in [0.1, 0.15) is 5.82 Å². The molecular formula is C15H17BrFNO2. The van der Waals surface area contributed by atoms with E-state index in [0.29, 0.717) is 5.56 Å². The molecule has 0 spiro atoms. The van der Waals surface area contributed by atoms with Gasteiger partial charge in [0.25, 0.3) is 0 Å². The first kappa shape index (κ1) is 15.2. The first-order chi connectivity index (χ1) is 9.54. The molecule has 0 radical (unpaired) electrons. The summed E-state index contributed by atoms with van der Waals surface area (Å²) in [6.07, 6.45) is 5.57. The van der Waals surface area contributed by atoms with E-state index in [9.17, 15) is 14.3 Å². The Kier molecular flexibility index (Phi) is 5.31. The van der Waals surface area contributed by atoms with Gasteiger partial charge in [-0.15, -0.1) is 0 Å². The van der Waals surface area contributed by atoms with Gasteiger partial charge >= 0.3 is 0 Å². The van der Waals surface area contributed by atoms with Gasteiger partial charge in [-0.05, 0) is 50.0 Å². The number of carbonyl (C=O) groups excluding carboxylic acids is 1. The first-order valence-electron chi connectivity index (χ1n) is 6.66. The Morgan fingerprint density at radius 1 is 1.35 bits per heavy atom. The molecule has 2 rings (SSSR count). The van der Waals surface area contributed by atoms with Gasteiger partial charge < -0.3 is 10.4 Å². The molecule has 0 aliphatic heterocycles. The van der Waals surface area contributed by atoms with E-state index in [0.717, 1.165) is 30.2 Å². The predicted octanol–water partition coefficient (Wildman–Crippen LogP) is 3.02. The van der Waals surface area contributed by atoms with Crippen LogP contribution in [-0.4, -0.2) is 23.2 Å². The molecule has 20 heavy (non-hydrogen) atoms. The van der Waals surface area contributed by atoms with Crippen LogP contribution in [0.25, 0.3) is 6.08 Å². The zero-order valence-electron chi connectivity index (χ0n) is 11.0. The SMILES string of the molecule is O=C(/C=C/c1cc(Br)ccc1F)NC1CCC(O)CC1. The number of carbonyl (C=O) groups is 1. The van der Waals surface area contributed by atoms with E-state index in [-0.39, 0.29) is 23.9 Å². The van der Waals surface area contributed by atoms with E-state index in [1.54, 1.807) is 12.1 Å². The molecule has 0 saturated heterocycles. The molecule has 1 aromatic carbocycles. The fourth-order valence-corrected chi connectivity index (χ4v) is 2.66. The van der Waals surface area contributed by atoms with E-state index in [1.165, 1.54) is 18.2 Å². The van der Waals surface area contributed by atoms with Crippen molar-refractivity contribution in [3.05, 3.63) is 40.1 Å². The van der Waals surface area contributed by atoms with Crippen molar-refractivity contribution in [1.29, 1.82) is 0 Å². The van der Waals surface area contributed by atoms with Crippen molar-refractivity contribution in [3.8, 4) is 0 Å². The van der Waals surface area contributed by atoms with Gasteiger partial charge in [0.2, 0.25) is 5.91 Å². The number of nitrogens with one attached hydrogen (secondary N) is 1. The van der Waals surface area contributed by atoms with E-state index in [2.05, 4.69) is 21.2 Å². The van der Waals surface area contributed by atoms with Crippen molar-refractivity contribution in [2.45, 2.75) is 37.8 Å². The fraction of sp³-hybridized carbons (Fsp3) is 0.400. The second kappa shape index (κ2) is 6.99. The van der Waals surface area contributed by atoms with Crippen LogP contribution in [0.4, 0.5) is 4.39 Å². The van der Waals surface area contributed by atoms with Crippen molar-refractivity contribution in [3.63, 3.8) is 0 Å². The highest BCUT2D eigenvalue weighted by molar-refractivity contribution is 9.10. The van der Waals surface area contributed by atoms with Crippen LogP contribution in [-0.2, 0) is 4.79 Å². The average molecular weight is 342 g/mol. The Balaban J connectivity index is 1.90. The van der Waals surface area contributed by atoms with Crippen molar-refractivity contribution < 1.29 is 14.3 Å². The van der Waals surface area contributed by atoms with E-state index in [4.69, 9.17) is 0 Å². The minimum atomic E-state index is -0.363. The van der Waals surface area contributed by atoms with Crippen LogP contribution < -0.4 is 5.32 Å². The second-order valence-corrected chi connectivity index (χ2v) is 5.93. The number of benzene rings is 1. The highest BCUT2D eigenvalue weighted by Crippen LogP contribution is 2.19. The van der Waals surface area contributed by atoms with Crippen LogP contribution in [0.5, 0.6) is 0 Å². The van der Waals surface area contributed by atoms with Crippen LogP contribution >= 0.6 is 15.9 Å². The first-order valence-corrected chi connectivity index (χ1v) is 7.45. The summed E-state index contributed by atoms with van der Waals surface area (Å²) in [4.78, 5) is 11.8. The zero-order valence-corrected chi connectivity index (χ0v) is 12.6. The third-order valence-electron chi connectivity index (χ3n) is 3.42. The molecule has 0 bridgehead atoms. The number of amides is 1. The fourth-order valence-electron chi connectivity index (χ4n) is 2.28. The maximum absolute atomic E-state index is 13.5. The van der Waals surface area contributed by atoms with Crippen molar-refractivity contribution in [2.75, 3.05) is 0 Å². The van der Waals surface area contributed by atoms with Crippen LogP contribution in [0.2, 0.25) is 0 Å². The lowest BCUT2D eigenvalue weighted by atomic mass is 9.93. The summed E-state index contributed by atoms with van der Waals surface area (Å²) in [6, 6.07) is 4.68. The minimum Gasteiger partial charge on any atom is -0.393 e. The largest absolute Gasteiger partial charge is 0.393 e. The maximum Gasteiger partial charge on any atom is 0.244 e. The molecule has 108 valence electrons. The summed E-state index contributed by atoms with van der Waals surface area (Å²) < 4.78 is 14.3. The van der Waals surface area contributed by atoms with Crippen LogP contribution in [0, 0.1) is 5.82 Å². The topological polar surface area (TPSA) is 49.3 Å². The van der Waals surface area contributed by atoms with Crippen LogP contribution in [0.3, 0.4) is 0 Å². The molecule has 1 amide bonds. The Morgan fingerprint density at radius 3 is 2.75 bits per heavy atom. The zero-order chi connectivity index (χ0) is 14.5. The van der Waals surface area contributed by atoms with E-state index in [1.807, 2.05) is 0 Å². The lowest BCUT2D eigenvalue weighted by Gasteiger charge is -2.25. The molecule has 2 N–H and O–H groups in total. The molecule has 1 aliphatic carbocycles. The summed E-state index contributed by atoms with van der Waals surface area (Å²) >= 11 is 3.26. The molecule has 0 aromatic heterocycles. The van der Waals surface area contributed by atoms with Gasteiger partial charge in [-0.1, -0.05) is 15.9 Å². The van der Waals surface area contributed by atoms with Crippen LogP contribution in [0.15, 0.2) is 28.7 Å². The van der Waals surface area contributed by atoms with Gasteiger partial charge in [-0.25, -0.2) is 4.39 Å². The normalized spacial score (nSPS) is 22.9. The van der Waals surface area contributed by atoms with Gasteiger partial charge in [0.05, 0.1) is 6.10 Å². The average Bonchev–Trinajstić information content (AvgIpc) is 2.42. The molecule has 0 unspecified atom stereocenters. The summed E-state index contributed by atoms with van der Waals surface area (Å²) in [6.45, 7) is 0. The molecule has 1 saturated carbocycles. The Labute approximate surface area is 126 Å². The second-order valence-electron chi connectivity index (χ2n) is 5.01. The van der Waals surface area contributed by atoms with Gasteiger partial charge in [-0.3, -0.25) is 4.79 Å². The van der Waals surface area contributed by atoms with Gasteiger partial charge in [-0.2, -0.15) is 0 Å². The van der Waals surface area contributed by atoms with Crippen molar-refractivity contribution in [1.82, 2.24) is 5.32 Å². The van der Waals surface area contributed by atoms with E-state index < -0.39 is 0 Å². The maximum atomic E-state index is 13.5. The third kappa shape index (κ3) is 4.42. The molecule has 1 fully saturated rings. The van der Waals surface area contributed by atoms with Crippen molar-refractivity contribution >= 4 is 27.9 Å². The predicted molar refractivity (Wildman–Crippen MR) is 79.5 cm³/mol. The molecule has 5 heteroatoms. The summed E-state index contributed by atoms with van der Waals surface area (Å²) in [7, 11) is 0. The lowest BCUT2D eigenvalue weighted by molar-refractivity contribution is -0.117. The number of halogens is 2. The highest BCUT2D eigenvalue weighted by atomic mass is 79.9. The quantitative estimate of drug-likeness (QED) is 0.830. The monoisotopic (exact) mass is 341 g/mol. The lowest BCUT2D eigenvalue weighted by Crippen LogP contribution is -2.37. The number of aliphatic hydroxyl groups excluding tert-OH is 1. The molecule has 3 nitrogen and oxygen atoms in total. The summed E-state index contributed by atoms with van der Waals surface area (Å²) in [5.74, 6) is -0.594. The Hall–Kier alpha value is -1.20. The minimum absolute atomic E-state index is 0.0999. The van der Waals surface area contributed by atoms with Crippen LogP contribution in [0.1, 0.15) is 31.2 Å². The standard InChI is InChI=1S/C15H17BrFNO2/c16-11-2-7-14(17)10(9-11)1-8-15(20)18-12-3-5-13(19)6-4-12/h1-2,7-9,12-13,19H,3-6H2,(H,18,20)/b8-1+. The smallest absolute Gasteiger partial charge is 0.244 e. The number of aliphatic hydroxyl groups is 1. The molecule has 0 heterocycles. The number of hydrogen-bond donors (Lipinski definition) is 2. The molecule has 1 aliphatic rings. The molecular weight excluding hydrogens is 325 g/mol. The summed E-state index contributed by atoms with van der Waals surface area (Å²) in [5, 5.41) is 12.3.